The molecule has 0 spiro atoms. The summed E-state index contributed by atoms with van der Waals surface area (Å²) in [5.41, 5.74) is 8.02. The molecule has 66 valence electrons. The first-order valence-electron chi connectivity index (χ1n) is 3.80. The van der Waals surface area contributed by atoms with E-state index in [1.807, 2.05) is 24.3 Å². The first-order chi connectivity index (χ1) is 5.29. The Morgan fingerprint density at radius 3 is 2.67 bits per heavy atom. The molecule has 0 unspecified atom stereocenters. The van der Waals surface area contributed by atoms with Crippen LogP contribution in [0.3, 0.4) is 0 Å². The predicted octanol–water partition coefficient (Wildman–Crippen LogP) is 1.03. The molecule has 0 radical (unpaired) electrons. The highest BCUT2D eigenvalue weighted by atomic mass is 35.5. The summed E-state index contributed by atoms with van der Waals surface area (Å²) in [4.78, 5) is 0. The fraction of sp³-hybridized carbons (Fsp3) is 0.333. The molecular weight excluding hydrogens is 174 g/mol. The first kappa shape index (κ1) is 9.52. The minimum absolute atomic E-state index is 0. The summed E-state index contributed by atoms with van der Waals surface area (Å²) < 4.78 is 0. The van der Waals surface area contributed by atoms with Crippen LogP contribution in [-0.4, -0.2) is 11.2 Å². The smallest absolute Gasteiger partial charge is 0.0773 e. The van der Waals surface area contributed by atoms with Crippen LogP contribution in [0, 0.1) is 0 Å². The number of hydrogen-bond donors (Lipinski definition) is 2. The predicted molar refractivity (Wildman–Crippen MR) is 50.3 cm³/mol. The van der Waals surface area contributed by atoms with Crippen LogP contribution in [0.2, 0.25) is 0 Å². The second-order valence-electron chi connectivity index (χ2n) is 3.00. The van der Waals surface area contributed by atoms with Crippen LogP contribution in [0.5, 0.6) is 0 Å². The molecule has 2 rings (SSSR count). The highest BCUT2D eigenvalue weighted by molar-refractivity contribution is 5.85. The molecule has 2 atom stereocenters. The van der Waals surface area contributed by atoms with Crippen molar-refractivity contribution in [1.29, 1.82) is 0 Å². The maximum atomic E-state index is 9.39. The average Bonchev–Trinajstić information content (AvgIpc) is 2.30. The van der Waals surface area contributed by atoms with Gasteiger partial charge in [-0.3, -0.25) is 0 Å². The van der Waals surface area contributed by atoms with Gasteiger partial charge in [0.2, 0.25) is 0 Å². The molecule has 0 bridgehead atoms. The van der Waals surface area contributed by atoms with E-state index in [-0.39, 0.29) is 24.6 Å². The Bertz CT molecular complexity index is 277. The van der Waals surface area contributed by atoms with Gasteiger partial charge in [0.15, 0.2) is 0 Å². The van der Waals surface area contributed by atoms with Crippen molar-refractivity contribution >= 4 is 12.4 Å². The quantitative estimate of drug-likeness (QED) is 0.634. The topological polar surface area (TPSA) is 46.2 Å². The lowest BCUT2D eigenvalue weighted by molar-refractivity contribution is 0.158. The molecule has 1 aliphatic carbocycles. The lowest BCUT2D eigenvalue weighted by Crippen LogP contribution is -2.21. The molecule has 12 heavy (non-hydrogen) atoms. The lowest BCUT2D eigenvalue weighted by atomic mass is 10.1. The standard InChI is InChI=1S/C9H11NO.ClH/c10-9-7-4-2-1-3-6(7)5-8(9)11;/h1-4,8-9,11H,5,10H2;1H/t8-,9-;/m1./s1. The van der Waals surface area contributed by atoms with Crippen molar-refractivity contribution in [3.8, 4) is 0 Å². The van der Waals surface area contributed by atoms with Gasteiger partial charge in [-0.1, -0.05) is 24.3 Å². The van der Waals surface area contributed by atoms with Crippen LogP contribution in [0.25, 0.3) is 0 Å². The van der Waals surface area contributed by atoms with Crippen molar-refractivity contribution in [3.63, 3.8) is 0 Å². The van der Waals surface area contributed by atoms with Gasteiger partial charge in [0.05, 0.1) is 12.1 Å². The molecule has 0 fully saturated rings. The SMILES string of the molecule is Cl.N[C@@H]1c2ccccc2C[C@H]1O. The number of hydrogen-bond acceptors (Lipinski definition) is 2. The Hall–Kier alpha value is -0.570. The van der Waals surface area contributed by atoms with E-state index in [9.17, 15) is 5.11 Å². The van der Waals surface area contributed by atoms with Crippen LogP contribution in [0.15, 0.2) is 24.3 Å². The van der Waals surface area contributed by atoms with Crippen molar-refractivity contribution < 1.29 is 5.11 Å². The Balaban J connectivity index is 0.000000720. The first-order valence-corrected chi connectivity index (χ1v) is 3.80. The zero-order chi connectivity index (χ0) is 7.84. The van der Waals surface area contributed by atoms with Crippen molar-refractivity contribution in [2.75, 3.05) is 0 Å². The molecular formula is C9H12ClNO. The molecule has 0 aromatic heterocycles. The van der Waals surface area contributed by atoms with Gasteiger partial charge < -0.3 is 10.8 Å². The van der Waals surface area contributed by atoms with Gasteiger partial charge in [-0.2, -0.15) is 0 Å². The molecule has 1 aromatic carbocycles. The van der Waals surface area contributed by atoms with Crippen LogP contribution in [-0.2, 0) is 6.42 Å². The second-order valence-corrected chi connectivity index (χ2v) is 3.00. The van der Waals surface area contributed by atoms with Gasteiger partial charge >= 0.3 is 0 Å². The summed E-state index contributed by atoms with van der Waals surface area (Å²) in [5, 5.41) is 9.39. The van der Waals surface area contributed by atoms with Crippen LogP contribution in [0.1, 0.15) is 17.2 Å². The highest BCUT2D eigenvalue weighted by Crippen LogP contribution is 2.28. The summed E-state index contributed by atoms with van der Waals surface area (Å²) in [6.45, 7) is 0. The lowest BCUT2D eigenvalue weighted by Gasteiger charge is -2.07. The van der Waals surface area contributed by atoms with Crippen LogP contribution in [0.4, 0.5) is 0 Å². The third-order valence-corrected chi connectivity index (χ3v) is 2.26. The zero-order valence-electron chi connectivity index (χ0n) is 6.60. The fourth-order valence-corrected chi connectivity index (χ4v) is 1.60. The number of fused-ring (bicyclic) bond motifs is 1. The van der Waals surface area contributed by atoms with E-state index >= 15 is 0 Å². The van der Waals surface area contributed by atoms with E-state index in [4.69, 9.17) is 5.73 Å². The number of benzene rings is 1. The summed E-state index contributed by atoms with van der Waals surface area (Å²) in [7, 11) is 0. The van der Waals surface area contributed by atoms with E-state index in [1.165, 1.54) is 5.56 Å². The Kier molecular flexibility index (Phi) is 2.73. The number of nitrogens with two attached hydrogens (primary N) is 1. The summed E-state index contributed by atoms with van der Waals surface area (Å²) in [5.74, 6) is 0. The molecule has 1 aromatic rings. The van der Waals surface area contributed by atoms with Gasteiger partial charge in [-0.05, 0) is 11.1 Å². The normalized spacial score (nSPS) is 26.2. The Morgan fingerprint density at radius 2 is 2.00 bits per heavy atom. The molecule has 0 amide bonds. The summed E-state index contributed by atoms with van der Waals surface area (Å²) in [6.07, 6.45) is 0.324. The molecule has 1 aliphatic rings. The van der Waals surface area contributed by atoms with Gasteiger partial charge in [0.25, 0.3) is 0 Å². The van der Waals surface area contributed by atoms with Crippen molar-refractivity contribution in [2.24, 2.45) is 5.73 Å². The van der Waals surface area contributed by atoms with Crippen molar-refractivity contribution in [2.45, 2.75) is 18.6 Å². The number of aliphatic hydroxyl groups excluding tert-OH is 1. The van der Waals surface area contributed by atoms with E-state index in [0.29, 0.717) is 6.42 Å². The average molecular weight is 186 g/mol. The molecule has 3 N–H and O–H groups in total. The van der Waals surface area contributed by atoms with Gasteiger partial charge in [-0.25, -0.2) is 0 Å². The zero-order valence-corrected chi connectivity index (χ0v) is 7.42. The summed E-state index contributed by atoms with van der Waals surface area (Å²) in [6, 6.07) is 7.76. The largest absolute Gasteiger partial charge is 0.391 e. The second kappa shape index (κ2) is 3.44. The van der Waals surface area contributed by atoms with Gasteiger partial charge in [0, 0.05) is 6.42 Å². The molecule has 0 aliphatic heterocycles. The Morgan fingerprint density at radius 1 is 1.33 bits per heavy atom. The molecule has 3 heteroatoms. The molecule has 0 saturated carbocycles. The number of rotatable bonds is 0. The molecule has 2 nitrogen and oxygen atoms in total. The Labute approximate surface area is 77.8 Å². The van der Waals surface area contributed by atoms with Gasteiger partial charge in [0.1, 0.15) is 0 Å². The maximum Gasteiger partial charge on any atom is 0.0773 e. The van der Waals surface area contributed by atoms with Crippen LogP contribution < -0.4 is 5.73 Å². The van der Waals surface area contributed by atoms with Crippen LogP contribution >= 0.6 is 12.4 Å². The van der Waals surface area contributed by atoms with E-state index in [0.717, 1.165) is 5.56 Å². The van der Waals surface area contributed by atoms with E-state index in [1.54, 1.807) is 0 Å². The molecule has 0 saturated heterocycles. The minimum Gasteiger partial charge on any atom is -0.391 e. The number of halogens is 1. The summed E-state index contributed by atoms with van der Waals surface area (Å²) >= 11 is 0. The molecule has 0 heterocycles. The highest BCUT2D eigenvalue weighted by Gasteiger charge is 2.26. The third kappa shape index (κ3) is 1.33. The van der Waals surface area contributed by atoms with E-state index in [2.05, 4.69) is 0 Å². The number of aliphatic hydroxyl groups is 1. The van der Waals surface area contributed by atoms with Crippen molar-refractivity contribution in [1.82, 2.24) is 0 Å². The van der Waals surface area contributed by atoms with E-state index < -0.39 is 0 Å². The monoisotopic (exact) mass is 185 g/mol. The maximum absolute atomic E-state index is 9.39. The third-order valence-electron chi connectivity index (χ3n) is 2.26. The fourth-order valence-electron chi connectivity index (χ4n) is 1.60. The minimum atomic E-state index is -0.382. The van der Waals surface area contributed by atoms with Crippen molar-refractivity contribution in [3.05, 3.63) is 35.4 Å². The van der Waals surface area contributed by atoms with Gasteiger partial charge in [-0.15, -0.1) is 12.4 Å².